The van der Waals surface area contributed by atoms with E-state index in [4.69, 9.17) is 4.74 Å². The summed E-state index contributed by atoms with van der Waals surface area (Å²) >= 11 is 1.29. The van der Waals surface area contributed by atoms with Crippen LogP contribution >= 0.6 is 11.3 Å². The van der Waals surface area contributed by atoms with Crippen molar-refractivity contribution >= 4 is 39.9 Å². The molecule has 2 N–H and O–H groups in total. The number of fused-ring (bicyclic) bond motifs is 1. The molecule has 0 bridgehead atoms. The second-order valence-electron chi connectivity index (χ2n) is 7.39. The van der Waals surface area contributed by atoms with Gasteiger partial charge in [0, 0.05) is 28.6 Å². The highest BCUT2D eigenvalue weighted by Gasteiger charge is 2.25. The average molecular weight is 447 g/mol. The summed E-state index contributed by atoms with van der Waals surface area (Å²) in [7, 11) is 0. The van der Waals surface area contributed by atoms with Crippen molar-refractivity contribution in [2.45, 2.75) is 19.4 Å². The van der Waals surface area contributed by atoms with Crippen LogP contribution in [0.3, 0.4) is 0 Å². The molecule has 0 saturated heterocycles. The van der Waals surface area contributed by atoms with E-state index in [0.717, 1.165) is 22.2 Å². The normalized spacial score (nSPS) is 11.8. The molecule has 32 heavy (non-hydrogen) atoms. The van der Waals surface area contributed by atoms with Gasteiger partial charge >= 0.3 is 5.97 Å². The Morgan fingerprint density at radius 2 is 1.75 bits per heavy atom. The largest absolute Gasteiger partial charge is 0.456 e. The fourth-order valence-electron chi connectivity index (χ4n) is 3.63. The van der Waals surface area contributed by atoms with Crippen LogP contribution in [0.25, 0.3) is 10.9 Å². The van der Waals surface area contributed by atoms with Crippen LogP contribution < -0.4 is 5.32 Å². The van der Waals surface area contributed by atoms with Crippen molar-refractivity contribution < 1.29 is 19.1 Å². The Morgan fingerprint density at radius 1 is 1.00 bits per heavy atom. The van der Waals surface area contributed by atoms with Gasteiger partial charge in [-0.25, -0.2) is 4.79 Å². The van der Waals surface area contributed by atoms with Gasteiger partial charge in [-0.3, -0.25) is 9.59 Å². The Kier molecular flexibility index (Phi) is 6.47. The lowest BCUT2D eigenvalue weighted by atomic mass is 10.1. The fraction of sp³-hybridized carbons (Fsp3) is 0.160. The number of carbonyl (C=O) groups is 3. The second-order valence-corrected chi connectivity index (χ2v) is 8.34. The molecule has 0 spiro atoms. The molecule has 0 aliphatic heterocycles. The number of amides is 1. The maximum atomic E-state index is 12.9. The summed E-state index contributed by atoms with van der Waals surface area (Å²) < 4.78 is 5.37. The molecule has 1 atom stereocenters. The van der Waals surface area contributed by atoms with Crippen LogP contribution in [0, 0.1) is 6.92 Å². The van der Waals surface area contributed by atoms with Crippen molar-refractivity contribution in [3.05, 3.63) is 93.8 Å². The first-order valence-corrected chi connectivity index (χ1v) is 11.1. The summed E-state index contributed by atoms with van der Waals surface area (Å²) in [6.07, 6.45) is 0.261. The zero-order chi connectivity index (χ0) is 22.5. The van der Waals surface area contributed by atoms with E-state index in [1.54, 1.807) is 17.5 Å². The lowest BCUT2D eigenvalue weighted by Crippen LogP contribution is -2.43. The summed E-state index contributed by atoms with van der Waals surface area (Å²) in [6.45, 7) is 1.41. The number of hydrogen-bond acceptors (Lipinski definition) is 5. The number of thiophene rings is 1. The lowest BCUT2D eigenvalue weighted by Gasteiger charge is -2.17. The number of aromatic nitrogens is 1. The zero-order valence-corrected chi connectivity index (χ0v) is 18.3. The Balaban J connectivity index is 1.48. The molecule has 0 radical (unpaired) electrons. The molecule has 4 rings (SSSR count). The number of aryl methyl sites for hydroxylation is 1. The average Bonchev–Trinajstić information content (AvgIpc) is 3.45. The van der Waals surface area contributed by atoms with Gasteiger partial charge in [0.25, 0.3) is 5.91 Å². The molecule has 4 aromatic rings. The van der Waals surface area contributed by atoms with E-state index in [0.29, 0.717) is 10.4 Å². The maximum absolute atomic E-state index is 12.9. The summed E-state index contributed by atoms with van der Waals surface area (Å²) in [5, 5.41) is 5.33. The molecule has 2 aromatic carbocycles. The third-order valence-electron chi connectivity index (χ3n) is 5.14. The molecule has 0 aliphatic carbocycles. The van der Waals surface area contributed by atoms with Gasteiger partial charge < -0.3 is 15.0 Å². The molecule has 2 heterocycles. The highest BCUT2D eigenvalue weighted by Crippen LogP contribution is 2.22. The number of H-pyrrole nitrogens is 1. The van der Waals surface area contributed by atoms with E-state index >= 15 is 0 Å². The minimum atomic E-state index is -0.913. The molecule has 2 aromatic heterocycles. The number of aromatic amines is 1. The number of benzene rings is 2. The van der Waals surface area contributed by atoms with Gasteiger partial charge in [0.1, 0.15) is 6.04 Å². The molecule has 7 heteroatoms. The molecular formula is C25H22N2O4S. The van der Waals surface area contributed by atoms with Crippen LogP contribution in [0.5, 0.6) is 0 Å². The Labute approximate surface area is 189 Å². The Bertz CT molecular complexity index is 1250. The number of nitrogens with one attached hydrogen (secondary N) is 2. The van der Waals surface area contributed by atoms with Crippen molar-refractivity contribution in [3.63, 3.8) is 0 Å². The number of Topliss-reactive ketones (excluding diaryl/α,β-unsaturated/α-hetero) is 1. The number of rotatable bonds is 8. The van der Waals surface area contributed by atoms with Crippen molar-refractivity contribution in [1.29, 1.82) is 0 Å². The zero-order valence-electron chi connectivity index (χ0n) is 17.5. The van der Waals surface area contributed by atoms with Crippen LogP contribution in [0.2, 0.25) is 0 Å². The quantitative estimate of drug-likeness (QED) is 0.312. The van der Waals surface area contributed by atoms with E-state index in [1.807, 2.05) is 61.5 Å². The number of esters is 1. The maximum Gasteiger partial charge on any atom is 0.329 e. The van der Waals surface area contributed by atoms with Gasteiger partial charge in [0.2, 0.25) is 5.78 Å². The number of hydrogen-bond donors (Lipinski definition) is 2. The Hall–Kier alpha value is -3.71. The van der Waals surface area contributed by atoms with Crippen molar-refractivity contribution in [3.8, 4) is 0 Å². The van der Waals surface area contributed by atoms with E-state index in [2.05, 4.69) is 10.3 Å². The van der Waals surface area contributed by atoms with Crippen LogP contribution in [0.1, 0.15) is 31.3 Å². The van der Waals surface area contributed by atoms with Gasteiger partial charge in [0.05, 0.1) is 4.88 Å². The lowest BCUT2D eigenvalue weighted by molar-refractivity contribution is -0.144. The first-order chi connectivity index (χ1) is 15.5. The van der Waals surface area contributed by atoms with Crippen LogP contribution in [-0.2, 0) is 16.0 Å². The number of para-hydroxylation sites is 1. The SMILES string of the molecule is Cc1[nH]c2ccccc2c1C(=O)COC(=O)[C@@H](Cc1ccccc1)NC(=O)c1cccs1. The second kappa shape index (κ2) is 9.62. The van der Waals surface area contributed by atoms with E-state index in [-0.39, 0.29) is 18.1 Å². The molecule has 6 nitrogen and oxygen atoms in total. The first kappa shape index (κ1) is 21.5. The number of carbonyl (C=O) groups excluding carboxylic acids is 3. The minimum Gasteiger partial charge on any atom is -0.456 e. The topological polar surface area (TPSA) is 88.3 Å². The van der Waals surface area contributed by atoms with Crippen LogP contribution in [-0.4, -0.2) is 35.3 Å². The van der Waals surface area contributed by atoms with Gasteiger partial charge in [0.15, 0.2) is 6.61 Å². The predicted octanol–water partition coefficient (Wildman–Crippen LogP) is 4.31. The molecule has 1 amide bonds. The van der Waals surface area contributed by atoms with Gasteiger partial charge in [-0.2, -0.15) is 0 Å². The van der Waals surface area contributed by atoms with Crippen molar-refractivity contribution in [1.82, 2.24) is 10.3 Å². The standard InChI is InChI=1S/C25H22N2O4S/c1-16-23(18-10-5-6-11-19(18)26-16)21(28)15-31-25(30)20(14-17-8-3-2-4-9-17)27-24(29)22-12-7-13-32-22/h2-13,20,26H,14-15H2,1H3,(H,27,29)/t20-/m1/s1. The number of ketones is 1. The van der Waals surface area contributed by atoms with E-state index < -0.39 is 18.6 Å². The number of ether oxygens (including phenoxy) is 1. The fourth-order valence-corrected chi connectivity index (χ4v) is 4.25. The molecule has 0 fully saturated rings. The molecule has 0 unspecified atom stereocenters. The molecule has 162 valence electrons. The first-order valence-electron chi connectivity index (χ1n) is 10.2. The Morgan fingerprint density at radius 3 is 2.50 bits per heavy atom. The van der Waals surface area contributed by atoms with E-state index in [9.17, 15) is 14.4 Å². The van der Waals surface area contributed by atoms with Gasteiger partial charge in [-0.05, 0) is 30.0 Å². The van der Waals surface area contributed by atoms with Gasteiger partial charge in [-0.1, -0.05) is 54.6 Å². The highest BCUT2D eigenvalue weighted by molar-refractivity contribution is 7.12. The summed E-state index contributed by atoms with van der Waals surface area (Å²) in [4.78, 5) is 42.0. The molecular weight excluding hydrogens is 424 g/mol. The molecule has 0 saturated carbocycles. The monoisotopic (exact) mass is 446 g/mol. The van der Waals surface area contributed by atoms with Crippen molar-refractivity contribution in [2.75, 3.05) is 6.61 Å². The smallest absolute Gasteiger partial charge is 0.329 e. The van der Waals surface area contributed by atoms with Crippen LogP contribution in [0.15, 0.2) is 72.1 Å². The van der Waals surface area contributed by atoms with Crippen LogP contribution in [0.4, 0.5) is 0 Å². The summed E-state index contributed by atoms with van der Waals surface area (Å²) in [5.74, 6) is -1.29. The summed E-state index contributed by atoms with van der Waals surface area (Å²) in [6, 6.07) is 19.4. The third-order valence-corrected chi connectivity index (χ3v) is 6.00. The van der Waals surface area contributed by atoms with Crippen molar-refractivity contribution in [2.24, 2.45) is 0 Å². The predicted molar refractivity (Wildman–Crippen MR) is 124 cm³/mol. The molecule has 0 aliphatic rings. The minimum absolute atomic E-state index is 0.261. The van der Waals surface area contributed by atoms with E-state index in [1.165, 1.54) is 11.3 Å². The third kappa shape index (κ3) is 4.78. The summed E-state index contributed by atoms with van der Waals surface area (Å²) in [5.41, 5.74) is 2.96. The highest BCUT2D eigenvalue weighted by atomic mass is 32.1. The van der Waals surface area contributed by atoms with Gasteiger partial charge in [-0.15, -0.1) is 11.3 Å².